The summed E-state index contributed by atoms with van der Waals surface area (Å²) >= 11 is 0. The molecule has 0 aromatic carbocycles. The molecule has 0 aromatic rings. The Kier molecular flexibility index (Phi) is 10.0. The summed E-state index contributed by atoms with van der Waals surface area (Å²) in [6, 6.07) is 0. The lowest BCUT2D eigenvalue weighted by Gasteiger charge is -2.51. The van der Waals surface area contributed by atoms with E-state index >= 15 is 0 Å². The third kappa shape index (κ3) is 6.36. The molecule has 14 heteroatoms. The van der Waals surface area contributed by atoms with Gasteiger partial charge < -0.3 is 69.6 Å². The number of aliphatic hydroxyl groups excluding tert-OH is 9. The van der Waals surface area contributed by atoms with Gasteiger partial charge in [0.2, 0.25) is 0 Å². The van der Waals surface area contributed by atoms with Crippen molar-refractivity contribution in [3.63, 3.8) is 0 Å². The first-order valence-corrected chi connectivity index (χ1v) is 14.4. The second kappa shape index (κ2) is 13.0. The zero-order valence-corrected chi connectivity index (χ0v) is 22.2. The van der Waals surface area contributed by atoms with Crippen LogP contribution < -0.4 is 0 Å². The molecule has 2 saturated carbocycles. The fourth-order valence-electron chi connectivity index (χ4n) is 6.91. The van der Waals surface area contributed by atoms with Crippen LogP contribution in [0, 0.1) is 11.8 Å². The molecule has 0 bridgehead atoms. The van der Waals surface area contributed by atoms with Crippen LogP contribution in [0.2, 0.25) is 0 Å². The summed E-state index contributed by atoms with van der Waals surface area (Å²) in [4.78, 5) is 0. The van der Waals surface area contributed by atoms with Crippen molar-refractivity contribution in [2.45, 2.75) is 137 Å². The zero-order valence-electron chi connectivity index (χ0n) is 22.2. The van der Waals surface area contributed by atoms with Gasteiger partial charge in [-0.3, -0.25) is 0 Å². The van der Waals surface area contributed by atoms with Crippen LogP contribution in [0.4, 0.5) is 0 Å². The summed E-state index contributed by atoms with van der Waals surface area (Å²) < 4.78 is 29.8. The van der Waals surface area contributed by atoms with Crippen molar-refractivity contribution in [1.29, 1.82) is 0 Å². The average Bonchev–Trinajstić information content (AvgIpc) is 2.93. The summed E-state index contributed by atoms with van der Waals surface area (Å²) in [6.45, 7) is -0.983. The van der Waals surface area contributed by atoms with Crippen molar-refractivity contribution in [3.05, 3.63) is 0 Å². The maximum atomic E-state index is 11.0. The van der Waals surface area contributed by atoms with E-state index in [1.807, 2.05) is 0 Å². The Balaban J connectivity index is 1.38. The van der Waals surface area contributed by atoms with Crippen LogP contribution in [0.1, 0.15) is 44.9 Å². The number of hydrogen-bond acceptors (Lipinski definition) is 14. The molecule has 5 aliphatic rings. The highest BCUT2D eigenvalue weighted by atomic mass is 16.8. The van der Waals surface area contributed by atoms with E-state index in [-0.39, 0.29) is 24.9 Å². The summed E-state index contributed by atoms with van der Waals surface area (Å²) in [6.07, 6.45) is -13.4. The summed E-state index contributed by atoms with van der Waals surface area (Å²) in [5, 5.41) is 92.6. The van der Waals surface area contributed by atoms with Crippen LogP contribution in [0.15, 0.2) is 0 Å². The Labute approximate surface area is 232 Å². The Morgan fingerprint density at radius 3 is 2.08 bits per heavy atom. The molecule has 3 heterocycles. The van der Waals surface area contributed by atoms with Crippen molar-refractivity contribution >= 4 is 0 Å². The second-order valence-corrected chi connectivity index (χ2v) is 12.0. The summed E-state index contributed by atoms with van der Waals surface area (Å²) in [7, 11) is 0. The molecule has 5 fully saturated rings. The van der Waals surface area contributed by atoms with Crippen molar-refractivity contribution in [2.75, 3.05) is 13.2 Å². The zero-order chi connectivity index (χ0) is 28.7. The van der Waals surface area contributed by atoms with Crippen LogP contribution in [-0.4, -0.2) is 151 Å². The van der Waals surface area contributed by atoms with E-state index in [4.69, 9.17) is 23.7 Å². The quantitative estimate of drug-likeness (QED) is 0.148. The highest BCUT2D eigenvalue weighted by Gasteiger charge is 2.53. The van der Waals surface area contributed by atoms with Crippen LogP contribution in [0.3, 0.4) is 0 Å². The molecule has 3 saturated heterocycles. The Morgan fingerprint density at radius 1 is 0.650 bits per heavy atom. The molecule has 40 heavy (non-hydrogen) atoms. The van der Waals surface area contributed by atoms with Crippen LogP contribution in [0.25, 0.3) is 0 Å². The molecular weight excluding hydrogens is 536 g/mol. The minimum Gasteiger partial charge on any atom is -0.394 e. The molecule has 0 spiro atoms. The van der Waals surface area contributed by atoms with Gasteiger partial charge in [0.1, 0.15) is 42.7 Å². The van der Waals surface area contributed by atoms with E-state index in [1.165, 1.54) is 0 Å². The monoisotopic (exact) mass is 580 g/mol. The van der Waals surface area contributed by atoms with Gasteiger partial charge in [-0.25, -0.2) is 0 Å². The molecule has 2 aliphatic carbocycles. The fourth-order valence-corrected chi connectivity index (χ4v) is 6.91. The lowest BCUT2D eigenvalue weighted by molar-refractivity contribution is -0.371. The van der Waals surface area contributed by atoms with Gasteiger partial charge in [-0.1, -0.05) is 0 Å². The van der Waals surface area contributed by atoms with Crippen molar-refractivity contribution in [2.24, 2.45) is 11.8 Å². The molecule has 14 nitrogen and oxygen atoms in total. The van der Waals surface area contributed by atoms with E-state index < -0.39 is 98.5 Å². The molecule has 232 valence electrons. The Bertz CT molecular complexity index is 812. The number of hydrogen-bond donors (Lipinski definition) is 9. The maximum Gasteiger partial charge on any atom is 0.187 e. The third-order valence-corrected chi connectivity index (χ3v) is 9.28. The topological polar surface area (TPSA) is 228 Å². The molecule has 0 aromatic heterocycles. The Hall–Kier alpha value is -0.560. The van der Waals surface area contributed by atoms with Crippen LogP contribution >= 0.6 is 0 Å². The predicted molar refractivity (Wildman–Crippen MR) is 131 cm³/mol. The van der Waals surface area contributed by atoms with Gasteiger partial charge in [0.25, 0.3) is 0 Å². The number of ether oxygens (including phenoxy) is 5. The lowest BCUT2D eigenvalue weighted by Crippen LogP contribution is -2.64. The first kappa shape index (κ1) is 30.9. The molecular formula is C26H44O14. The van der Waals surface area contributed by atoms with Crippen molar-refractivity contribution in [3.8, 4) is 0 Å². The van der Waals surface area contributed by atoms with Gasteiger partial charge in [0.15, 0.2) is 12.6 Å². The highest BCUT2D eigenvalue weighted by Crippen LogP contribution is 2.43. The number of aliphatic hydroxyl groups is 9. The molecule has 0 amide bonds. The van der Waals surface area contributed by atoms with E-state index in [1.54, 1.807) is 0 Å². The van der Waals surface area contributed by atoms with E-state index in [2.05, 4.69) is 0 Å². The van der Waals surface area contributed by atoms with Gasteiger partial charge >= 0.3 is 0 Å². The summed E-state index contributed by atoms with van der Waals surface area (Å²) in [5.41, 5.74) is 0. The van der Waals surface area contributed by atoms with E-state index in [0.717, 1.165) is 0 Å². The van der Waals surface area contributed by atoms with Crippen molar-refractivity contribution < 1.29 is 69.6 Å². The standard InChI is InChI=1S/C26H44O14/c27-8-18-20(33)21(34)24(40-25-22(35)19(32)15(31)9-36-25)26(39-18)38-17-7-13-14(30)5-12(29)6-16(13)37-23(17)10-1-3-11(28)4-2-10/h10-35H,1-9H2/t10?,11?,12?,13?,14?,15-,16?,17?,18-,19+,20+,21+,22-,23?,24-,25+,26-/m1/s1. The molecule has 15 atom stereocenters. The largest absolute Gasteiger partial charge is 0.394 e. The minimum atomic E-state index is -1.67. The average molecular weight is 581 g/mol. The maximum absolute atomic E-state index is 11.0. The van der Waals surface area contributed by atoms with Crippen LogP contribution in [0.5, 0.6) is 0 Å². The molecule has 3 aliphatic heterocycles. The van der Waals surface area contributed by atoms with E-state index in [0.29, 0.717) is 38.5 Å². The third-order valence-electron chi connectivity index (χ3n) is 9.28. The molecule has 0 radical (unpaired) electrons. The van der Waals surface area contributed by atoms with E-state index in [9.17, 15) is 46.0 Å². The fraction of sp³-hybridized carbons (Fsp3) is 1.00. The summed E-state index contributed by atoms with van der Waals surface area (Å²) in [5.74, 6) is -0.344. The van der Waals surface area contributed by atoms with Gasteiger partial charge in [-0.05, 0) is 50.9 Å². The normalized spacial score (nSPS) is 54.1. The molecule has 9 N–H and O–H groups in total. The van der Waals surface area contributed by atoms with Gasteiger partial charge in [0, 0.05) is 5.92 Å². The lowest BCUT2D eigenvalue weighted by atomic mass is 9.73. The molecule has 6 unspecified atom stereocenters. The predicted octanol–water partition coefficient (Wildman–Crippen LogP) is -3.52. The second-order valence-electron chi connectivity index (χ2n) is 12.0. The molecule has 5 rings (SSSR count). The Morgan fingerprint density at radius 2 is 1.38 bits per heavy atom. The van der Waals surface area contributed by atoms with Gasteiger partial charge in [-0.15, -0.1) is 0 Å². The first-order valence-electron chi connectivity index (χ1n) is 14.4. The smallest absolute Gasteiger partial charge is 0.187 e. The minimum absolute atomic E-state index is 0.00203. The van der Waals surface area contributed by atoms with Gasteiger partial charge in [-0.2, -0.15) is 0 Å². The van der Waals surface area contributed by atoms with Gasteiger partial charge in [0.05, 0.1) is 49.8 Å². The SMILES string of the molecule is OC[C@H]1O[C@@H](OC2CC3C(O)CC(O)CC3OC2C2CCC(O)CC2)[C@H](O[C@@H]2OC[C@@H](O)[C@H](O)[C@H]2O)[C@@H](O)[C@H]1O. The highest BCUT2D eigenvalue weighted by molar-refractivity contribution is 4.99. The van der Waals surface area contributed by atoms with Crippen LogP contribution in [-0.2, 0) is 23.7 Å². The number of fused-ring (bicyclic) bond motifs is 1. The first-order chi connectivity index (χ1) is 19.1. The number of rotatable bonds is 6. The van der Waals surface area contributed by atoms with Crippen molar-refractivity contribution in [1.82, 2.24) is 0 Å².